The zero-order valence-corrected chi connectivity index (χ0v) is 18.8. The number of halogens is 2. The fraction of sp³-hybridized carbons (Fsp3) is 0.0417. The summed E-state index contributed by atoms with van der Waals surface area (Å²) in [6.45, 7) is 2.17. The zero-order chi connectivity index (χ0) is 18.8. The van der Waals surface area contributed by atoms with Gasteiger partial charge in [0, 0.05) is 0 Å². The van der Waals surface area contributed by atoms with E-state index in [1.54, 1.807) is 0 Å². The van der Waals surface area contributed by atoms with Crippen LogP contribution in [-0.2, 0) is 20.8 Å². The Hall–Kier alpha value is -1.53. The van der Waals surface area contributed by atoms with Gasteiger partial charge in [-0.05, 0) is 33.2 Å². The normalized spacial score (nSPS) is 10.8. The molecule has 5 aromatic rings. The molecular weight excluding hydrogens is 450 g/mol. The second kappa shape index (κ2) is 8.23. The molecule has 0 aliphatic heterocycles. The number of rotatable bonds is 1. The predicted molar refractivity (Wildman–Crippen MR) is 116 cm³/mol. The van der Waals surface area contributed by atoms with Gasteiger partial charge in [-0.15, -0.1) is 34.5 Å². The Morgan fingerprint density at radius 1 is 0.704 bits per heavy atom. The summed E-state index contributed by atoms with van der Waals surface area (Å²) in [6.07, 6.45) is 0. The fourth-order valence-electron chi connectivity index (χ4n) is 3.91. The van der Waals surface area contributed by atoms with E-state index in [0.29, 0.717) is 0 Å². The molecule has 0 heterocycles. The molecule has 0 aliphatic rings. The van der Waals surface area contributed by atoms with Crippen LogP contribution >= 0.6 is 17.0 Å². The van der Waals surface area contributed by atoms with E-state index in [1.165, 1.54) is 49.0 Å². The molecular formula is C24H17Cl2Zr-. The van der Waals surface area contributed by atoms with Crippen molar-refractivity contribution in [3.05, 3.63) is 90.5 Å². The molecule has 5 rings (SSSR count). The van der Waals surface area contributed by atoms with E-state index in [4.69, 9.17) is 17.0 Å². The maximum atomic E-state index is 4.93. The summed E-state index contributed by atoms with van der Waals surface area (Å²) in [5.74, 6) is 0. The second-order valence-electron chi connectivity index (χ2n) is 6.61. The minimum absolute atomic E-state index is 0.826. The van der Waals surface area contributed by atoms with Crippen LogP contribution in [-0.4, -0.2) is 0 Å². The van der Waals surface area contributed by atoms with Crippen molar-refractivity contribution >= 4 is 49.3 Å². The summed E-state index contributed by atoms with van der Waals surface area (Å²) in [5, 5.41) is 7.90. The third kappa shape index (κ3) is 3.61. The Bertz CT molecular complexity index is 1180. The summed E-state index contributed by atoms with van der Waals surface area (Å²) in [5.41, 5.74) is 4.00. The Balaban J connectivity index is 0.000000565. The van der Waals surface area contributed by atoms with Gasteiger partial charge in [-0.2, -0.15) is 6.07 Å². The first-order valence-electron chi connectivity index (χ1n) is 8.76. The van der Waals surface area contributed by atoms with Crippen LogP contribution in [0, 0.1) is 6.92 Å². The van der Waals surface area contributed by atoms with Crippen LogP contribution in [0.3, 0.4) is 0 Å². The molecule has 0 spiro atoms. The number of hydrogen-bond acceptors (Lipinski definition) is 0. The average molecular weight is 468 g/mol. The van der Waals surface area contributed by atoms with Gasteiger partial charge in [0.15, 0.2) is 0 Å². The molecule has 0 atom stereocenters. The number of aryl methyl sites for hydroxylation is 1. The Morgan fingerprint density at radius 2 is 1.30 bits per heavy atom. The molecule has 0 N–H and O–H groups in total. The maximum absolute atomic E-state index is 4.93. The molecule has 5 aromatic carbocycles. The van der Waals surface area contributed by atoms with Crippen molar-refractivity contribution in [1.82, 2.24) is 0 Å². The number of benzene rings is 4. The van der Waals surface area contributed by atoms with Gasteiger partial charge in [0.05, 0.1) is 0 Å². The van der Waals surface area contributed by atoms with Crippen LogP contribution < -0.4 is 0 Å². The van der Waals surface area contributed by atoms with Gasteiger partial charge >= 0.3 is 37.9 Å². The van der Waals surface area contributed by atoms with Gasteiger partial charge in [0.25, 0.3) is 0 Å². The van der Waals surface area contributed by atoms with Crippen molar-refractivity contribution in [3.8, 4) is 11.1 Å². The molecule has 0 radical (unpaired) electrons. The van der Waals surface area contributed by atoms with Gasteiger partial charge in [0.1, 0.15) is 0 Å². The van der Waals surface area contributed by atoms with E-state index < -0.39 is 20.8 Å². The third-order valence-electron chi connectivity index (χ3n) is 4.94. The van der Waals surface area contributed by atoms with Crippen LogP contribution in [0.1, 0.15) is 5.56 Å². The van der Waals surface area contributed by atoms with Crippen molar-refractivity contribution in [2.75, 3.05) is 0 Å². The molecule has 0 fully saturated rings. The average Bonchev–Trinajstić information content (AvgIpc) is 3.07. The van der Waals surface area contributed by atoms with Gasteiger partial charge < -0.3 is 0 Å². The van der Waals surface area contributed by atoms with Gasteiger partial charge in [-0.3, -0.25) is 0 Å². The van der Waals surface area contributed by atoms with Crippen LogP contribution in [0.25, 0.3) is 43.4 Å². The van der Waals surface area contributed by atoms with Crippen molar-refractivity contribution in [3.63, 3.8) is 0 Å². The van der Waals surface area contributed by atoms with Crippen LogP contribution in [0.5, 0.6) is 0 Å². The number of fused-ring (bicyclic) bond motifs is 3. The molecule has 0 aromatic heterocycles. The van der Waals surface area contributed by atoms with Crippen molar-refractivity contribution in [2.24, 2.45) is 0 Å². The topological polar surface area (TPSA) is 0 Å². The summed E-state index contributed by atoms with van der Waals surface area (Å²) in [4.78, 5) is 0. The summed E-state index contributed by atoms with van der Waals surface area (Å²) in [7, 11) is 9.87. The summed E-state index contributed by atoms with van der Waals surface area (Å²) < 4.78 is 0. The van der Waals surface area contributed by atoms with Gasteiger partial charge in [-0.1, -0.05) is 67.1 Å². The van der Waals surface area contributed by atoms with E-state index in [1.807, 2.05) is 0 Å². The standard InChI is InChI=1S/C24H17.2ClH.Zr/c1-16-13-17-9-6-12-22(23(17)14-16)24-20-10-4-2-7-18(20)15-19-8-3-5-11-21(19)24;;;/h2-15H,1H3;2*1H;/q-1;;;+2/p-2. The first kappa shape index (κ1) is 18.8. The summed E-state index contributed by atoms with van der Waals surface area (Å²) in [6, 6.07) is 30.9. The molecule has 0 nitrogen and oxygen atoms in total. The Kier molecular flexibility index (Phi) is 5.74. The van der Waals surface area contributed by atoms with E-state index in [-0.39, 0.29) is 0 Å². The van der Waals surface area contributed by atoms with Crippen LogP contribution in [0.4, 0.5) is 0 Å². The quantitative estimate of drug-likeness (QED) is 0.172. The van der Waals surface area contributed by atoms with E-state index in [2.05, 4.69) is 91.9 Å². The van der Waals surface area contributed by atoms with E-state index in [9.17, 15) is 0 Å². The molecule has 132 valence electrons. The van der Waals surface area contributed by atoms with E-state index >= 15 is 0 Å². The predicted octanol–water partition coefficient (Wildman–Crippen LogP) is 8.22. The third-order valence-corrected chi connectivity index (χ3v) is 4.94. The molecule has 0 aliphatic carbocycles. The van der Waals surface area contributed by atoms with Gasteiger partial charge in [-0.25, -0.2) is 0 Å². The minimum atomic E-state index is -0.826. The van der Waals surface area contributed by atoms with Crippen molar-refractivity contribution < 1.29 is 20.8 Å². The zero-order valence-electron chi connectivity index (χ0n) is 14.8. The summed E-state index contributed by atoms with van der Waals surface area (Å²) >= 11 is -0.826. The first-order chi connectivity index (χ1) is 13.2. The second-order valence-corrected chi connectivity index (χ2v) is 10.3. The molecule has 3 heteroatoms. The van der Waals surface area contributed by atoms with Gasteiger partial charge in [0.2, 0.25) is 0 Å². The molecule has 0 unspecified atom stereocenters. The number of hydrogen-bond donors (Lipinski definition) is 0. The Labute approximate surface area is 177 Å². The molecule has 0 amide bonds. The first-order valence-corrected chi connectivity index (χ1v) is 15.1. The van der Waals surface area contributed by atoms with Crippen molar-refractivity contribution in [2.45, 2.75) is 6.92 Å². The fourth-order valence-corrected chi connectivity index (χ4v) is 3.91. The van der Waals surface area contributed by atoms with E-state index in [0.717, 1.165) is 0 Å². The molecule has 27 heavy (non-hydrogen) atoms. The molecule has 0 saturated heterocycles. The van der Waals surface area contributed by atoms with Crippen LogP contribution in [0.15, 0.2) is 84.9 Å². The van der Waals surface area contributed by atoms with Crippen LogP contribution in [0.2, 0.25) is 0 Å². The Morgan fingerprint density at radius 3 is 1.93 bits per heavy atom. The molecule has 0 saturated carbocycles. The molecule has 0 bridgehead atoms. The SMILES string of the molecule is Cc1cc2c(-c3c4ccccc4cc4ccccc34)cccc2[cH-]1.[Cl][Zr][Cl]. The van der Waals surface area contributed by atoms with Crippen molar-refractivity contribution in [1.29, 1.82) is 0 Å². The monoisotopic (exact) mass is 465 g/mol.